The third-order valence-corrected chi connectivity index (χ3v) is 5.01. The van der Waals surface area contributed by atoms with E-state index in [1.807, 2.05) is 30.3 Å². The van der Waals surface area contributed by atoms with Gasteiger partial charge in [0.25, 0.3) is 17.7 Å². The molecule has 2 atom stereocenters. The highest BCUT2D eigenvalue weighted by molar-refractivity contribution is 7.12. The molecule has 0 bridgehead atoms. The Kier molecular flexibility index (Phi) is 8.78. The highest BCUT2D eigenvalue weighted by Gasteiger charge is 2.32. The lowest BCUT2D eigenvalue weighted by molar-refractivity contribution is -0.152. The van der Waals surface area contributed by atoms with Gasteiger partial charge in [-0.2, -0.15) is 0 Å². The zero-order valence-corrected chi connectivity index (χ0v) is 16.9. The number of hydrogen-bond acceptors (Lipinski definition) is 6. The first-order valence-electron chi connectivity index (χ1n) is 9.14. The first-order valence-corrected chi connectivity index (χ1v) is 10.0. The van der Waals surface area contributed by atoms with E-state index in [0.717, 1.165) is 5.56 Å². The van der Waals surface area contributed by atoms with Crippen LogP contribution in [-0.4, -0.2) is 65.2 Å². The van der Waals surface area contributed by atoms with E-state index in [-0.39, 0.29) is 19.0 Å². The first-order chi connectivity index (χ1) is 13.9. The minimum absolute atomic E-state index is 0.182. The van der Waals surface area contributed by atoms with Crippen LogP contribution in [0.2, 0.25) is 0 Å². The number of likely N-dealkylation sites (N-methyl/N-ethyl adjacent to an activating group) is 1. The minimum Gasteiger partial charge on any atom is -0.380 e. The van der Waals surface area contributed by atoms with E-state index >= 15 is 0 Å². The summed E-state index contributed by atoms with van der Waals surface area (Å²) in [6.45, 7) is 0.769. The molecule has 8 nitrogen and oxygen atoms in total. The van der Waals surface area contributed by atoms with E-state index in [0.29, 0.717) is 17.8 Å². The summed E-state index contributed by atoms with van der Waals surface area (Å²) in [6.07, 6.45) is -3.29. The smallest absolute Gasteiger partial charge is 0.261 e. The van der Waals surface area contributed by atoms with E-state index in [4.69, 9.17) is 0 Å². The fourth-order valence-electron chi connectivity index (χ4n) is 2.54. The van der Waals surface area contributed by atoms with Crippen molar-refractivity contribution in [3.63, 3.8) is 0 Å². The molecule has 9 heteroatoms. The summed E-state index contributed by atoms with van der Waals surface area (Å²) in [6, 6.07) is 12.7. The van der Waals surface area contributed by atoms with E-state index < -0.39 is 24.0 Å². The van der Waals surface area contributed by atoms with Crippen LogP contribution in [0.3, 0.4) is 0 Å². The standard InChI is InChI=1S/C20H25N3O5S/c1-23(13-14-7-3-2-4-8-14)20(28)17(25)16(24)19(27)22-11-6-10-21-18(26)15-9-5-12-29-15/h2-5,7-9,12,16-17,24-25H,6,10-11,13H2,1H3,(H,21,26)(H,22,27)/t16-,17-/m1/s1. The predicted octanol–water partition coefficient (Wildman–Crippen LogP) is 0.365. The van der Waals surface area contributed by atoms with Crippen molar-refractivity contribution in [3.05, 3.63) is 58.3 Å². The lowest BCUT2D eigenvalue weighted by atomic mass is 10.1. The van der Waals surface area contributed by atoms with Crippen molar-refractivity contribution in [2.24, 2.45) is 0 Å². The lowest BCUT2D eigenvalue weighted by Gasteiger charge is -2.23. The molecule has 3 amide bonds. The Morgan fingerprint density at radius 2 is 1.69 bits per heavy atom. The molecule has 4 N–H and O–H groups in total. The molecule has 1 aromatic carbocycles. The van der Waals surface area contributed by atoms with Gasteiger partial charge in [-0.15, -0.1) is 11.3 Å². The quantitative estimate of drug-likeness (QED) is 0.415. The van der Waals surface area contributed by atoms with Crippen molar-refractivity contribution in [1.82, 2.24) is 15.5 Å². The normalized spacial score (nSPS) is 12.7. The summed E-state index contributed by atoms with van der Waals surface area (Å²) in [5.74, 6) is -1.78. The van der Waals surface area contributed by atoms with Gasteiger partial charge in [-0.1, -0.05) is 36.4 Å². The maximum absolute atomic E-state index is 12.2. The molecule has 1 heterocycles. The molecule has 0 aliphatic rings. The number of aliphatic hydroxyl groups excluding tert-OH is 2. The van der Waals surface area contributed by atoms with Crippen LogP contribution in [0, 0.1) is 0 Å². The van der Waals surface area contributed by atoms with Crippen molar-refractivity contribution < 1.29 is 24.6 Å². The summed E-state index contributed by atoms with van der Waals surface area (Å²) < 4.78 is 0. The SMILES string of the molecule is CN(Cc1ccccc1)C(=O)[C@H](O)[C@@H](O)C(=O)NCCCNC(=O)c1cccs1. The predicted molar refractivity (Wildman–Crippen MR) is 109 cm³/mol. The maximum Gasteiger partial charge on any atom is 0.261 e. The fraction of sp³-hybridized carbons (Fsp3) is 0.350. The second kappa shape index (κ2) is 11.3. The Morgan fingerprint density at radius 3 is 2.34 bits per heavy atom. The molecule has 29 heavy (non-hydrogen) atoms. The first kappa shape index (κ1) is 22.5. The largest absolute Gasteiger partial charge is 0.380 e. The third-order valence-electron chi connectivity index (χ3n) is 4.14. The van der Waals surface area contributed by atoms with Gasteiger partial charge in [-0.25, -0.2) is 0 Å². The van der Waals surface area contributed by atoms with Crippen molar-refractivity contribution in [1.29, 1.82) is 0 Å². The van der Waals surface area contributed by atoms with Crippen molar-refractivity contribution in [3.8, 4) is 0 Å². The maximum atomic E-state index is 12.2. The molecule has 0 spiro atoms. The van der Waals surface area contributed by atoms with Crippen LogP contribution >= 0.6 is 11.3 Å². The van der Waals surface area contributed by atoms with Gasteiger partial charge >= 0.3 is 0 Å². The average Bonchev–Trinajstić information content (AvgIpc) is 3.27. The summed E-state index contributed by atoms with van der Waals surface area (Å²) >= 11 is 1.33. The average molecular weight is 420 g/mol. The van der Waals surface area contributed by atoms with Gasteiger partial charge in [0.05, 0.1) is 4.88 Å². The molecule has 2 aromatic rings. The van der Waals surface area contributed by atoms with Gasteiger partial charge in [0, 0.05) is 26.7 Å². The molecule has 0 saturated carbocycles. The number of amides is 3. The second-order valence-corrected chi connectivity index (χ2v) is 7.40. The molecular weight excluding hydrogens is 394 g/mol. The lowest BCUT2D eigenvalue weighted by Crippen LogP contribution is -2.50. The molecule has 2 rings (SSSR count). The van der Waals surface area contributed by atoms with E-state index in [2.05, 4.69) is 10.6 Å². The van der Waals surface area contributed by atoms with Gasteiger partial charge < -0.3 is 25.7 Å². The summed E-state index contributed by atoms with van der Waals surface area (Å²) in [4.78, 5) is 37.8. The number of nitrogens with one attached hydrogen (secondary N) is 2. The number of thiophene rings is 1. The minimum atomic E-state index is -1.87. The summed E-state index contributed by atoms with van der Waals surface area (Å²) in [5, 5.41) is 27.0. The van der Waals surface area contributed by atoms with E-state index in [9.17, 15) is 24.6 Å². The molecule has 0 radical (unpaired) electrons. The third kappa shape index (κ3) is 6.97. The molecular formula is C20H25N3O5S. The molecule has 0 aliphatic carbocycles. The molecule has 0 unspecified atom stereocenters. The fourth-order valence-corrected chi connectivity index (χ4v) is 3.18. The number of carbonyl (C=O) groups excluding carboxylic acids is 3. The van der Waals surface area contributed by atoms with Gasteiger partial charge in [-0.3, -0.25) is 14.4 Å². The number of aliphatic hydroxyl groups is 2. The Morgan fingerprint density at radius 1 is 1.00 bits per heavy atom. The topological polar surface area (TPSA) is 119 Å². The molecule has 0 aliphatic heterocycles. The van der Waals surface area contributed by atoms with Crippen molar-refractivity contribution in [2.45, 2.75) is 25.2 Å². The Balaban J connectivity index is 1.69. The molecule has 156 valence electrons. The van der Waals surface area contributed by atoms with Crippen LogP contribution in [0.1, 0.15) is 21.7 Å². The van der Waals surface area contributed by atoms with Gasteiger partial charge in [0.2, 0.25) is 0 Å². The number of nitrogens with zero attached hydrogens (tertiary/aromatic N) is 1. The summed E-state index contributed by atoms with van der Waals surface area (Å²) in [5.41, 5.74) is 0.860. The number of benzene rings is 1. The second-order valence-electron chi connectivity index (χ2n) is 6.45. The Labute approximate surface area is 173 Å². The zero-order chi connectivity index (χ0) is 21.2. The van der Waals surface area contributed by atoms with Crippen LogP contribution < -0.4 is 10.6 Å². The van der Waals surface area contributed by atoms with Crippen LogP contribution in [0.4, 0.5) is 0 Å². The highest BCUT2D eigenvalue weighted by atomic mass is 32.1. The van der Waals surface area contributed by atoms with Crippen LogP contribution in [0.5, 0.6) is 0 Å². The number of rotatable bonds is 10. The van der Waals surface area contributed by atoms with Crippen molar-refractivity contribution >= 4 is 29.1 Å². The van der Waals surface area contributed by atoms with E-state index in [1.54, 1.807) is 17.5 Å². The van der Waals surface area contributed by atoms with E-state index in [1.165, 1.54) is 23.3 Å². The van der Waals surface area contributed by atoms with Gasteiger partial charge in [0.15, 0.2) is 12.2 Å². The Hall–Kier alpha value is -2.75. The monoisotopic (exact) mass is 419 g/mol. The number of hydrogen-bond donors (Lipinski definition) is 4. The zero-order valence-electron chi connectivity index (χ0n) is 16.1. The molecule has 1 aromatic heterocycles. The van der Waals surface area contributed by atoms with Crippen molar-refractivity contribution in [2.75, 3.05) is 20.1 Å². The van der Waals surface area contributed by atoms with Gasteiger partial charge in [0.1, 0.15) is 0 Å². The van der Waals surface area contributed by atoms with Crippen LogP contribution in [0.15, 0.2) is 47.8 Å². The molecule has 0 saturated heterocycles. The molecule has 0 fully saturated rings. The Bertz CT molecular complexity index is 798. The van der Waals surface area contributed by atoms with Crippen LogP contribution in [-0.2, 0) is 16.1 Å². The van der Waals surface area contributed by atoms with Crippen LogP contribution in [0.25, 0.3) is 0 Å². The highest BCUT2D eigenvalue weighted by Crippen LogP contribution is 2.08. The van der Waals surface area contributed by atoms with Gasteiger partial charge in [-0.05, 0) is 23.4 Å². The number of carbonyl (C=O) groups is 3. The summed E-state index contributed by atoms with van der Waals surface area (Å²) in [7, 11) is 1.49.